The second kappa shape index (κ2) is 2.55. The fraction of sp³-hybridized carbons (Fsp3) is 0.778. The molecule has 1 aliphatic carbocycles. The topological polar surface area (TPSA) is 0 Å². The van der Waals surface area contributed by atoms with Crippen LogP contribution in [0.4, 0.5) is 0 Å². The summed E-state index contributed by atoms with van der Waals surface area (Å²) in [5.41, 5.74) is 1.58. The lowest BCUT2D eigenvalue weighted by molar-refractivity contribution is 0.369. The molecule has 1 aliphatic rings. The van der Waals surface area contributed by atoms with Gasteiger partial charge in [0.05, 0.1) is 0 Å². The summed E-state index contributed by atoms with van der Waals surface area (Å²) in [6, 6.07) is 0. The van der Waals surface area contributed by atoms with Crippen molar-refractivity contribution >= 4 is 0 Å². The molecule has 0 bridgehead atoms. The maximum Gasteiger partial charge on any atom is -0.0295 e. The molecule has 0 aliphatic heterocycles. The first kappa shape index (κ1) is 6.85. The Bertz CT molecular complexity index is 122. The summed E-state index contributed by atoms with van der Waals surface area (Å²) in [6.07, 6.45) is 5.00. The third kappa shape index (κ3) is 1.57. The van der Waals surface area contributed by atoms with Gasteiger partial charge < -0.3 is 0 Å². The van der Waals surface area contributed by atoms with Gasteiger partial charge in [-0.15, -0.1) is 0 Å². The van der Waals surface area contributed by atoms with Crippen molar-refractivity contribution in [3.05, 3.63) is 11.6 Å². The number of rotatable bonds is 0. The molecule has 0 N–H and O–H groups in total. The Hall–Kier alpha value is -0.260. The van der Waals surface area contributed by atoms with Crippen molar-refractivity contribution < 1.29 is 0 Å². The lowest BCUT2D eigenvalue weighted by Crippen LogP contribution is -2.11. The van der Waals surface area contributed by atoms with Crippen LogP contribution in [0.25, 0.3) is 0 Å². The number of hydrogen-bond acceptors (Lipinski definition) is 0. The Balaban J connectivity index is 2.54. The Morgan fingerprint density at radius 3 is 2.44 bits per heavy atom. The van der Waals surface area contributed by atoms with Crippen molar-refractivity contribution in [1.82, 2.24) is 0 Å². The fourth-order valence-corrected chi connectivity index (χ4v) is 1.41. The van der Waals surface area contributed by atoms with Crippen LogP contribution in [0.2, 0.25) is 0 Å². The van der Waals surface area contributed by atoms with Gasteiger partial charge in [0.1, 0.15) is 0 Å². The molecule has 0 radical (unpaired) electrons. The smallest absolute Gasteiger partial charge is 0.0295 e. The number of hydrogen-bond donors (Lipinski definition) is 0. The Morgan fingerprint density at radius 1 is 1.33 bits per heavy atom. The largest absolute Gasteiger partial charge is 0.0853 e. The molecule has 0 nitrogen and oxygen atoms in total. The van der Waals surface area contributed by atoms with Gasteiger partial charge in [-0.1, -0.05) is 25.5 Å². The summed E-state index contributed by atoms with van der Waals surface area (Å²) >= 11 is 0. The molecule has 0 aromatic carbocycles. The molecule has 0 amide bonds. The Kier molecular flexibility index (Phi) is 1.94. The highest BCUT2D eigenvalue weighted by Crippen LogP contribution is 2.27. The van der Waals surface area contributed by atoms with Gasteiger partial charge in [0, 0.05) is 0 Å². The lowest BCUT2D eigenvalue weighted by Gasteiger charge is -2.23. The standard InChI is InChI=1S/C9H16/c1-7-4-5-8(2)9(3)6-7/h4,8-9H,5-6H2,1-3H3/t8-,9+/m0/s1. The fourth-order valence-electron chi connectivity index (χ4n) is 1.41. The van der Waals surface area contributed by atoms with E-state index in [1.807, 2.05) is 0 Å². The second-order valence-electron chi connectivity index (χ2n) is 3.44. The molecule has 9 heavy (non-hydrogen) atoms. The predicted octanol–water partition coefficient (Wildman–Crippen LogP) is 3.00. The minimum atomic E-state index is 0.911. The second-order valence-corrected chi connectivity index (χ2v) is 3.44. The summed E-state index contributed by atoms with van der Waals surface area (Å²) < 4.78 is 0. The zero-order valence-electron chi connectivity index (χ0n) is 6.65. The van der Waals surface area contributed by atoms with Gasteiger partial charge >= 0.3 is 0 Å². The van der Waals surface area contributed by atoms with Crippen LogP contribution in [0.3, 0.4) is 0 Å². The normalized spacial score (nSPS) is 36.1. The van der Waals surface area contributed by atoms with E-state index < -0.39 is 0 Å². The van der Waals surface area contributed by atoms with Crippen LogP contribution in [0, 0.1) is 11.8 Å². The van der Waals surface area contributed by atoms with Crippen molar-refractivity contribution in [2.24, 2.45) is 11.8 Å². The van der Waals surface area contributed by atoms with Gasteiger partial charge in [-0.05, 0) is 31.6 Å². The highest BCUT2D eigenvalue weighted by molar-refractivity contribution is 5.04. The molecule has 0 heteroatoms. The molecule has 0 aromatic rings. The van der Waals surface area contributed by atoms with E-state index in [0.717, 1.165) is 11.8 Å². The first-order valence-corrected chi connectivity index (χ1v) is 3.86. The molecule has 0 heterocycles. The molecular weight excluding hydrogens is 108 g/mol. The summed E-state index contributed by atoms with van der Waals surface area (Å²) in [5.74, 6) is 1.82. The molecule has 0 spiro atoms. The first-order valence-electron chi connectivity index (χ1n) is 3.86. The molecule has 2 atom stereocenters. The average molecular weight is 124 g/mol. The van der Waals surface area contributed by atoms with Crippen LogP contribution in [0.1, 0.15) is 33.6 Å². The molecule has 52 valence electrons. The predicted molar refractivity (Wildman–Crippen MR) is 41.3 cm³/mol. The van der Waals surface area contributed by atoms with Crippen molar-refractivity contribution in [3.8, 4) is 0 Å². The lowest BCUT2D eigenvalue weighted by atomic mass is 9.83. The van der Waals surface area contributed by atoms with Crippen LogP contribution >= 0.6 is 0 Å². The van der Waals surface area contributed by atoms with Gasteiger partial charge in [-0.3, -0.25) is 0 Å². The molecule has 0 aromatic heterocycles. The average Bonchev–Trinajstić information content (AvgIpc) is 1.80. The van der Waals surface area contributed by atoms with E-state index in [4.69, 9.17) is 0 Å². The van der Waals surface area contributed by atoms with Gasteiger partial charge in [0.25, 0.3) is 0 Å². The van der Waals surface area contributed by atoms with E-state index in [-0.39, 0.29) is 0 Å². The zero-order chi connectivity index (χ0) is 6.85. The van der Waals surface area contributed by atoms with Crippen LogP contribution in [-0.4, -0.2) is 0 Å². The molecule has 1 rings (SSSR count). The van der Waals surface area contributed by atoms with Crippen molar-refractivity contribution in [2.45, 2.75) is 33.6 Å². The van der Waals surface area contributed by atoms with Crippen LogP contribution in [0.5, 0.6) is 0 Å². The monoisotopic (exact) mass is 124 g/mol. The third-order valence-corrected chi connectivity index (χ3v) is 2.45. The summed E-state index contributed by atoms with van der Waals surface area (Å²) in [4.78, 5) is 0. The van der Waals surface area contributed by atoms with E-state index in [9.17, 15) is 0 Å². The molecular formula is C9H16. The zero-order valence-corrected chi connectivity index (χ0v) is 6.65. The minimum Gasteiger partial charge on any atom is -0.0853 e. The molecule has 0 fully saturated rings. The SMILES string of the molecule is CC1=CC[C@H](C)[C@H](C)C1. The van der Waals surface area contributed by atoms with Gasteiger partial charge in [0.2, 0.25) is 0 Å². The van der Waals surface area contributed by atoms with Crippen molar-refractivity contribution in [3.63, 3.8) is 0 Å². The van der Waals surface area contributed by atoms with E-state index in [0.29, 0.717) is 0 Å². The van der Waals surface area contributed by atoms with Crippen LogP contribution in [-0.2, 0) is 0 Å². The molecule has 0 saturated heterocycles. The molecule has 0 saturated carbocycles. The highest BCUT2D eigenvalue weighted by atomic mass is 14.2. The van der Waals surface area contributed by atoms with Gasteiger partial charge in [0.15, 0.2) is 0 Å². The maximum atomic E-state index is 2.38. The summed E-state index contributed by atoms with van der Waals surface area (Å²) in [5, 5.41) is 0. The van der Waals surface area contributed by atoms with E-state index in [1.54, 1.807) is 5.57 Å². The van der Waals surface area contributed by atoms with Crippen LogP contribution in [0.15, 0.2) is 11.6 Å². The minimum absolute atomic E-state index is 0.911. The van der Waals surface area contributed by atoms with Gasteiger partial charge in [-0.25, -0.2) is 0 Å². The van der Waals surface area contributed by atoms with Gasteiger partial charge in [-0.2, -0.15) is 0 Å². The van der Waals surface area contributed by atoms with E-state index in [1.165, 1.54) is 12.8 Å². The number of allylic oxidation sites excluding steroid dienone is 2. The first-order chi connectivity index (χ1) is 4.20. The van der Waals surface area contributed by atoms with E-state index in [2.05, 4.69) is 26.8 Å². The Morgan fingerprint density at radius 2 is 2.00 bits per heavy atom. The van der Waals surface area contributed by atoms with E-state index >= 15 is 0 Å². The van der Waals surface area contributed by atoms with Crippen molar-refractivity contribution in [1.29, 1.82) is 0 Å². The third-order valence-electron chi connectivity index (χ3n) is 2.45. The summed E-state index contributed by atoms with van der Waals surface area (Å²) in [6.45, 7) is 6.93. The van der Waals surface area contributed by atoms with Crippen molar-refractivity contribution in [2.75, 3.05) is 0 Å². The quantitative estimate of drug-likeness (QED) is 0.435. The highest BCUT2D eigenvalue weighted by Gasteiger charge is 2.15. The maximum absolute atomic E-state index is 2.38. The Labute approximate surface area is 58.0 Å². The summed E-state index contributed by atoms with van der Waals surface area (Å²) in [7, 11) is 0. The molecule has 0 unspecified atom stereocenters. The van der Waals surface area contributed by atoms with Crippen LogP contribution < -0.4 is 0 Å².